The number of aryl methyl sites for hydroxylation is 2. The predicted octanol–water partition coefficient (Wildman–Crippen LogP) is 2.79. The zero-order valence-electron chi connectivity index (χ0n) is 10.4. The van der Waals surface area contributed by atoms with E-state index in [-0.39, 0.29) is 0 Å². The summed E-state index contributed by atoms with van der Waals surface area (Å²) in [4.78, 5) is 0. The molecule has 1 N–H and O–H groups in total. The monoisotopic (exact) mass is 247 g/mol. The fourth-order valence-corrected chi connectivity index (χ4v) is 2.98. The van der Waals surface area contributed by atoms with Crippen LogP contribution in [0.25, 0.3) is 10.8 Å². The summed E-state index contributed by atoms with van der Waals surface area (Å²) >= 11 is 0. The van der Waals surface area contributed by atoms with Gasteiger partial charge in [-0.3, -0.25) is 0 Å². The molecule has 0 atom stereocenters. The Hall–Kier alpha value is -2.42. The molecule has 2 aliphatic rings. The molecule has 0 radical (unpaired) electrons. The lowest BCUT2D eigenvalue weighted by Crippen LogP contribution is -2.05. The summed E-state index contributed by atoms with van der Waals surface area (Å²) < 4.78 is 0. The van der Waals surface area contributed by atoms with Crippen LogP contribution < -0.4 is 5.53 Å². The van der Waals surface area contributed by atoms with Crippen molar-refractivity contribution in [1.29, 1.82) is 0 Å². The minimum Gasteiger partial charge on any atom is -0.198 e. The topological polar surface area (TPSA) is 36.8 Å². The SMILES string of the molecule is C1=CC(c2ccc3cccc4c3c2CC4)=NNN=C1. The van der Waals surface area contributed by atoms with Gasteiger partial charge in [-0.1, -0.05) is 30.3 Å². The maximum atomic E-state index is 4.31. The lowest BCUT2D eigenvalue weighted by molar-refractivity contribution is 0.817. The van der Waals surface area contributed by atoms with Crippen LogP contribution >= 0.6 is 0 Å². The first-order valence-electron chi connectivity index (χ1n) is 6.50. The third-order valence-electron chi connectivity index (χ3n) is 3.80. The van der Waals surface area contributed by atoms with Gasteiger partial charge in [0.15, 0.2) is 0 Å². The molecule has 2 aromatic rings. The molecule has 4 rings (SSSR count). The highest BCUT2D eigenvalue weighted by molar-refractivity contribution is 6.14. The summed E-state index contributed by atoms with van der Waals surface area (Å²) in [6, 6.07) is 10.9. The Bertz CT molecular complexity index is 754. The van der Waals surface area contributed by atoms with E-state index in [1.54, 1.807) is 6.21 Å². The lowest BCUT2D eigenvalue weighted by atomic mass is 9.97. The summed E-state index contributed by atoms with van der Waals surface area (Å²) in [7, 11) is 0. The number of hydrogen-bond donors (Lipinski definition) is 1. The van der Waals surface area contributed by atoms with E-state index in [0.717, 1.165) is 18.6 Å². The Morgan fingerprint density at radius 2 is 2.05 bits per heavy atom. The van der Waals surface area contributed by atoms with Crippen LogP contribution in [-0.4, -0.2) is 11.9 Å². The highest BCUT2D eigenvalue weighted by Gasteiger charge is 2.19. The zero-order chi connectivity index (χ0) is 12.7. The van der Waals surface area contributed by atoms with Crippen molar-refractivity contribution in [3.63, 3.8) is 0 Å². The van der Waals surface area contributed by atoms with Crippen LogP contribution in [0.4, 0.5) is 0 Å². The Labute approximate surface area is 111 Å². The smallest absolute Gasteiger partial charge is 0.0926 e. The molecule has 0 bridgehead atoms. The van der Waals surface area contributed by atoms with E-state index in [2.05, 4.69) is 46.1 Å². The second-order valence-corrected chi connectivity index (χ2v) is 4.84. The summed E-state index contributed by atoms with van der Waals surface area (Å²) in [6.45, 7) is 0. The van der Waals surface area contributed by atoms with Crippen LogP contribution in [0.3, 0.4) is 0 Å². The van der Waals surface area contributed by atoms with Gasteiger partial charge < -0.3 is 0 Å². The molecule has 0 spiro atoms. The molecule has 0 aromatic heterocycles. The Morgan fingerprint density at radius 3 is 3.05 bits per heavy atom. The van der Waals surface area contributed by atoms with Crippen molar-refractivity contribution >= 4 is 22.7 Å². The van der Waals surface area contributed by atoms with Crippen molar-refractivity contribution < 1.29 is 0 Å². The van der Waals surface area contributed by atoms with E-state index < -0.39 is 0 Å². The molecule has 92 valence electrons. The van der Waals surface area contributed by atoms with E-state index in [1.807, 2.05) is 12.2 Å². The molecule has 1 aliphatic carbocycles. The van der Waals surface area contributed by atoms with Crippen LogP contribution in [0.15, 0.2) is 52.7 Å². The summed E-state index contributed by atoms with van der Waals surface area (Å²) in [5.41, 5.74) is 7.74. The predicted molar refractivity (Wildman–Crippen MR) is 78.7 cm³/mol. The van der Waals surface area contributed by atoms with Crippen molar-refractivity contribution in [3.05, 3.63) is 59.2 Å². The van der Waals surface area contributed by atoms with Crippen molar-refractivity contribution in [1.82, 2.24) is 5.53 Å². The number of nitrogens with zero attached hydrogens (tertiary/aromatic N) is 2. The fraction of sp³-hybridized carbons (Fsp3) is 0.125. The number of hydrogen-bond acceptors (Lipinski definition) is 3. The van der Waals surface area contributed by atoms with Crippen LogP contribution in [0.5, 0.6) is 0 Å². The van der Waals surface area contributed by atoms with Crippen molar-refractivity contribution in [2.45, 2.75) is 12.8 Å². The molecule has 19 heavy (non-hydrogen) atoms. The molecular weight excluding hydrogens is 234 g/mol. The Balaban J connectivity index is 1.97. The van der Waals surface area contributed by atoms with Gasteiger partial charge in [0.05, 0.1) is 5.71 Å². The number of benzene rings is 2. The van der Waals surface area contributed by atoms with Gasteiger partial charge in [-0.05, 0) is 46.9 Å². The molecule has 0 amide bonds. The minimum absolute atomic E-state index is 0.950. The fourth-order valence-electron chi connectivity index (χ4n) is 2.98. The average molecular weight is 247 g/mol. The molecule has 1 heterocycles. The first kappa shape index (κ1) is 10.5. The lowest BCUT2D eigenvalue weighted by Gasteiger charge is -2.08. The molecule has 0 saturated heterocycles. The van der Waals surface area contributed by atoms with Crippen LogP contribution in [-0.2, 0) is 12.8 Å². The first-order valence-corrected chi connectivity index (χ1v) is 6.50. The molecule has 0 unspecified atom stereocenters. The number of rotatable bonds is 1. The molecule has 0 fully saturated rings. The minimum atomic E-state index is 0.950. The van der Waals surface area contributed by atoms with E-state index >= 15 is 0 Å². The van der Waals surface area contributed by atoms with Crippen LogP contribution in [0.2, 0.25) is 0 Å². The molecule has 1 aliphatic heterocycles. The summed E-state index contributed by atoms with van der Waals surface area (Å²) in [6.07, 6.45) is 7.85. The van der Waals surface area contributed by atoms with Crippen molar-refractivity contribution in [2.75, 3.05) is 0 Å². The second-order valence-electron chi connectivity index (χ2n) is 4.84. The Kier molecular flexibility index (Phi) is 2.24. The first-order chi connectivity index (χ1) is 9.43. The van der Waals surface area contributed by atoms with Gasteiger partial charge in [0, 0.05) is 11.8 Å². The third kappa shape index (κ3) is 1.58. The van der Waals surface area contributed by atoms with Gasteiger partial charge in [0.25, 0.3) is 0 Å². The van der Waals surface area contributed by atoms with E-state index in [4.69, 9.17) is 0 Å². The summed E-state index contributed by atoms with van der Waals surface area (Å²) in [5, 5.41) is 11.0. The van der Waals surface area contributed by atoms with Gasteiger partial charge in [0.2, 0.25) is 0 Å². The van der Waals surface area contributed by atoms with Crippen molar-refractivity contribution in [3.8, 4) is 0 Å². The highest BCUT2D eigenvalue weighted by Crippen LogP contribution is 2.33. The standard InChI is InChI=1S/C16H13N3/c1-3-11-6-8-13(15-5-2-10-17-19-18-15)14-9-7-12(4-1)16(11)14/h1-6,8,10,19H,7,9H2. The quantitative estimate of drug-likeness (QED) is 0.826. The summed E-state index contributed by atoms with van der Waals surface area (Å²) in [5.74, 6) is 0. The third-order valence-corrected chi connectivity index (χ3v) is 3.80. The largest absolute Gasteiger partial charge is 0.198 e. The highest BCUT2D eigenvalue weighted by atomic mass is 15.5. The van der Waals surface area contributed by atoms with Gasteiger partial charge in [-0.2, -0.15) is 15.7 Å². The molecule has 0 saturated carbocycles. The molecule has 2 aromatic carbocycles. The van der Waals surface area contributed by atoms with Crippen LogP contribution in [0, 0.1) is 0 Å². The molecule has 3 heteroatoms. The second kappa shape index (κ2) is 4.05. The molecular formula is C16H13N3. The Morgan fingerprint density at radius 1 is 1.05 bits per heavy atom. The average Bonchev–Trinajstić information content (AvgIpc) is 2.71. The van der Waals surface area contributed by atoms with Gasteiger partial charge >= 0.3 is 0 Å². The number of allylic oxidation sites excluding steroid dienone is 2. The van der Waals surface area contributed by atoms with Gasteiger partial charge in [0.1, 0.15) is 0 Å². The van der Waals surface area contributed by atoms with Crippen molar-refractivity contribution in [2.24, 2.45) is 10.2 Å². The normalized spacial score (nSPS) is 16.3. The maximum Gasteiger partial charge on any atom is 0.0926 e. The van der Waals surface area contributed by atoms with E-state index in [0.29, 0.717) is 0 Å². The van der Waals surface area contributed by atoms with E-state index in [9.17, 15) is 0 Å². The zero-order valence-corrected chi connectivity index (χ0v) is 10.4. The van der Waals surface area contributed by atoms with Crippen LogP contribution in [0.1, 0.15) is 16.7 Å². The number of nitrogens with one attached hydrogen (secondary N) is 1. The van der Waals surface area contributed by atoms with E-state index in [1.165, 1.54) is 27.5 Å². The van der Waals surface area contributed by atoms with Gasteiger partial charge in [-0.15, -0.1) is 0 Å². The molecule has 3 nitrogen and oxygen atoms in total. The van der Waals surface area contributed by atoms with Gasteiger partial charge in [-0.25, -0.2) is 0 Å². The number of hydrazone groups is 2. The maximum absolute atomic E-state index is 4.31.